The second-order valence-corrected chi connectivity index (χ2v) is 5.48. The van der Waals surface area contributed by atoms with Crippen LogP contribution in [-0.2, 0) is 6.54 Å². The molecule has 1 aliphatic heterocycles. The maximum atomic E-state index is 9.52. The fourth-order valence-corrected chi connectivity index (χ4v) is 2.57. The van der Waals surface area contributed by atoms with Crippen LogP contribution in [0.2, 0.25) is 0 Å². The Kier molecular flexibility index (Phi) is 4.70. The molecule has 0 saturated carbocycles. The van der Waals surface area contributed by atoms with Gasteiger partial charge in [-0.25, -0.2) is 0 Å². The van der Waals surface area contributed by atoms with Crippen molar-refractivity contribution >= 4 is 0 Å². The van der Waals surface area contributed by atoms with Crippen LogP contribution in [0.15, 0.2) is 28.8 Å². The van der Waals surface area contributed by atoms with E-state index in [1.165, 1.54) is 0 Å². The summed E-state index contributed by atoms with van der Waals surface area (Å²) in [7, 11) is 0. The molecule has 2 heterocycles. The zero-order valence-electron chi connectivity index (χ0n) is 12.7. The predicted molar refractivity (Wildman–Crippen MR) is 81.4 cm³/mol. The molecule has 1 aromatic heterocycles. The SMILES string of the molecule is CCOc1ccc(-c2noc(CN3CCC(O)CC3)n2)cc1. The number of hydrogen-bond donors (Lipinski definition) is 1. The van der Waals surface area contributed by atoms with Gasteiger partial charge >= 0.3 is 0 Å². The van der Waals surface area contributed by atoms with Crippen LogP contribution in [0, 0.1) is 0 Å². The predicted octanol–water partition coefficient (Wildman–Crippen LogP) is 2.09. The Labute approximate surface area is 129 Å². The van der Waals surface area contributed by atoms with Gasteiger partial charge in [0.1, 0.15) is 5.75 Å². The highest BCUT2D eigenvalue weighted by Crippen LogP contribution is 2.21. The molecule has 2 aromatic rings. The molecule has 1 aliphatic rings. The molecule has 0 amide bonds. The number of hydrogen-bond acceptors (Lipinski definition) is 6. The molecule has 6 heteroatoms. The van der Waals surface area contributed by atoms with E-state index in [0.29, 0.717) is 24.9 Å². The molecule has 1 fully saturated rings. The van der Waals surface area contributed by atoms with Gasteiger partial charge in [-0.1, -0.05) is 5.16 Å². The highest BCUT2D eigenvalue weighted by molar-refractivity contribution is 5.55. The third kappa shape index (κ3) is 3.64. The second-order valence-electron chi connectivity index (χ2n) is 5.48. The summed E-state index contributed by atoms with van der Waals surface area (Å²) in [5.41, 5.74) is 0.910. The Hall–Kier alpha value is -1.92. The molecule has 0 unspecified atom stereocenters. The van der Waals surface area contributed by atoms with Crippen molar-refractivity contribution in [1.29, 1.82) is 0 Å². The minimum atomic E-state index is -0.168. The molecule has 1 saturated heterocycles. The Morgan fingerprint density at radius 2 is 2.00 bits per heavy atom. The van der Waals surface area contributed by atoms with Gasteiger partial charge in [-0.15, -0.1) is 0 Å². The highest BCUT2D eigenvalue weighted by Gasteiger charge is 2.19. The van der Waals surface area contributed by atoms with Gasteiger partial charge in [0.15, 0.2) is 0 Å². The maximum absolute atomic E-state index is 9.52. The lowest BCUT2D eigenvalue weighted by Crippen LogP contribution is -2.35. The summed E-state index contributed by atoms with van der Waals surface area (Å²) in [5.74, 6) is 2.04. The van der Waals surface area contributed by atoms with Gasteiger partial charge in [-0.2, -0.15) is 4.98 Å². The van der Waals surface area contributed by atoms with Crippen molar-refractivity contribution in [2.45, 2.75) is 32.4 Å². The normalized spacial score (nSPS) is 16.8. The van der Waals surface area contributed by atoms with Crippen molar-refractivity contribution in [2.24, 2.45) is 0 Å². The quantitative estimate of drug-likeness (QED) is 0.912. The first-order chi connectivity index (χ1) is 10.7. The standard InChI is InChI=1S/C16H21N3O3/c1-2-21-14-5-3-12(4-6-14)16-17-15(22-18-16)11-19-9-7-13(20)8-10-19/h3-6,13,20H,2,7-11H2,1H3. The van der Waals surface area contributed by atoms with Crippen molar-refractivity contribution in [3.05, 3.63) is 30.2 Å². The van der Waals surface area contributed by atoms with E-state index in [1.54, 1.807) is 0 Å². The number of benzene rings is 1. The third-order valence-corrected chi connectivity index (χ3v) is 3.81. The summed E-state index contributed by atoms with van der Waals surface area (Å²) in [6.45, 7) is 4.97. The minimum Gasteiger partial charge on any atom is -0.494 e. The lowest BCUT2D eigenvalue weighted by molar-refractivity contribution is 0.0740. The van der Waals surface area contributed by atoms with E-state index < -0.39 is 0 Å². The summed E-state index contributed by atoms with van der Waals surface area (Å²) >= 11 is 0. The Morgan fingerprint density at radius 1 is 1.27 bits per heavy atom. The molecular weight excluding hydrogens is 282 g/mol. The smallest absolute Gasteiger partial charge is 0.241 e. The third-order valence-electron chi connectivity index (χ3n) is 3.81. The van der Waals surface area contributed by atoms with Crippen molar-refractivity contribution < 1.29 is 14.4 Å². The first-order valence-corrected chi connectivity index (χ1v) is 7.71. The lowest BCUT2D eigenvalue weighted by Gasteiger charge is -2.27. The number of aromatic nitrogens is 2. The molecule has 1 N–H and O–H groups in total. The van der Waals surface area contributed by atoms with Crippen molar-refractivity contribution in [3.63, 3.8) is 0 Å². The Bertz CT molecular complexity index is 589. The first-order valence-electron chi connectivity index (χ1n) is 7.71. The molecule has 0 radical (unpaired) electrons. The number of aliphatic hydroxyl groups excluding tert-OH is 1. The summed E-state index contributed by atoms with van der Waals surface area (Å²) in [5, 5.41) is 13.6. The molecular formula is C16H21N3O3. The summed E-state index contributed by atoms with van der Waals surface area (Å²) in [6, 6.07) is 7.66. The van der Waals surface area contributed by atoms with E-state index >= 15 is 0 Å². The zero-order valence-corrected chi connectivity index (χ0v) is 12.7. The van der Waals surface area contributed by atoms with Gasteiger partial charge in [-0.3, -0.25) is 4.90 Å². The highest BCUT2D eigenvalue weighted by atomic mass is 16.5. The average Bonchev–Trinajstić information content (AvgIpc) is 2.99. The van der Waals surface area contributed by atoms with Gasteiger partial charge in [0.25, 0.3) is 0 Å². The van der Waals surface area contributed by atoms with Gasteiger partial charge in [0, 0.05) is 18.7 Å². The van der Waals surface area contributed by atoms with Gasteiger partial charge < -0.3 is 14.4 Å². The van der Waals surface area contributed by atoms with Gasteiger partial charge in [0.2, 0.25) is 11.7 Å². The molecule has 1 aromatic carbocycles. The Balaban J connectivity index is 1.63. The van der Waals surface area contributed by atoms with Crippen LogP contribution in [0.1, 0.15) is 25.7 Å². The molecule has 0 atom stereocenters. The molecule has 22 heavy (non-hydrogen) atoms. The monoisotopic (exact) mass is 303 g/mol. The van der Waals surface area contributed by atoms with E-state index in [2.05, 4.69) is 15.0 Å². The molecule has 3 rings (SSSR count). The molecule has 6 nitrogen and oxygen atoms in total. The van der Waals surface area contributed by atoms with E-state index in [-0.39, 0.29) is 6.10 Å². The molecule has 0 bridgehead atoms. The van der Waals surface area contributed by atoms with E-state index in [1.807, 2.05) is 31.2 Å². The summed E-state index contributed by atoms with van der Waals surface area (Å²) in [6.07, 6.45) is 1.44. The number of nitrogens with zero attached hydrogens (tertiary/aromatic N) is 3. The fraction of sp³-hybridized carbons (Fsp3) is 0.500. The first kappa shape index (κ1) is 15.0. The zero-order chi connectivity index (χ0) is 15.4. The lowest BCUT2D eigenvalue weighted by atomic mass is 10.1. The van der Waals surface area contributed by atoms with E-state index in [9.17, 15) is 5.11 Å². The summed E-state index contributed by atoms with van der Waals surface area (Å²) < 4.78 is 10.7. The van der Waals surface area contributed by atoms with E-state index in [0.717, 1.165) is 37.2 Å². The summed E-state index contributed by atoms with van der Waals surface area (Å²) in [4.78, 5) is 6.67. The maximum Gasteiger partial charge on any atom is 0.241 e. The van der Waals surface area contributed by atoms with Gasteiger partial charge in [-0.05, 0) is 44.0 Å². The largest absolute Gasteiger partial charge is 0.494 e. The molecule has 0 aliphatic carbocycles. The van der Waals surface area contributed by atoms with Crippen LogP contribution in [0.3, 0.4) is 0 Å². The number of rotatable bonds is 5. The van der Waals surface area contributed by atoms with Crippen LogP contribution in [0.4, 0.5) is 0 Å². The van der Waals surface area contributed by atoms with Crippen LogP contribution in [0.5, 0.6) is 5.75 Å². The van der Waals surface area contributed by atoms with Crippen molar-refractivity contribution in [1.82, 2.24) is 15.0 Å². The number of ether oxygens (including phenoxy) is 1. The topological polar surface area (TPSA) is 71.6 Å². The van der Waals surface area contributed by atoms with Crippen LogP contribution in [-0.4, -0.2) is 45.9 Å². The fourth-order valence-electron chi connectivity index (χ4n) is 2.57. The number of aliphatic hydroxyl groups is 1. The van der Waals surface area contributed by atoms with Crippen LogP contribution < -0.4 is 4.74 Å². The second kappa shape index (κ2) is 6.89. The van der Waals surface area contributed by atoms with Crippen LogP contribution >= 0.6 is 0 Å². The Morgan fingerprint density at radius 3 is 2.68 bits per heavy atom. The van der Waals surface area contributed by atoms with Gasteiger partial charge in [0.05, 0.1) is 19.3 Å². The van der Waals surface area contributed by atoms with Crippen molar-refractivity contribution in [3.8, 4) is 17.1 Å². The number of likely N-dealkylation sites (tertiary alicyclic amines) is 1. The van der Waals surface area contributed by atoms with Crippen molar-refractivity contribution in [2.75, 3.05) is 19.7 Å². The minimum absolute atomic E-state index is 0.168. The van der Waals surface area contributed by atoms with E-state index in [4.69, 9.17) is 9.26 Å². The molecule has 0 spiro atoms. The molecule has 118 valence electrons. The van der Waals surface area contributed by atoms with Crippen LogP contribution in [0.25, 0.3) is 11.4 Å². The number of piperidine rings is 1. The average molecular weight is 303 g/mol.